The summed E-state index contributed by atoms with van der Waals surface area (Å²) in [5.41, 5.74) is 0. The van der Waals surface area contributed by atoms with Gasteiger partial charge in [-0.3, -0.25) is 14.7 Å². The molecular formula is C20H40IN5O2. The van der Waals surface area contributed by atoms with E-state index in [0.717, 1.165) is 90.4 Å². The van der Waals surface area contributed by atoms with Crippen LogP contribution in [0.2, 0.25) is 0 Å². The fourth-order valence-corrected chi connectivity index (χ4v) is 3.93. The minimum atomic E-state index is 0. The van der Waals surface area contributed by atoms with Crippen molar-refractivity contribution in [2.24, 2.45) is 10.9 Å². The maximum atomic E-state index is 12.3. The number of halogens is 1. The average Bonchev–Trinajstić information content (AvgIpc) is 3.21. The van der Waals surface area contributed by atoms with E-state index in [4.69, 9.17) is 4.99 Å². The molecule has 7 nitrogen and oxygen atoms in total. The number of nitrogens with one attached hydrogen (secondary N) is 1. The molecule has 0 aromatic heterocycles. The summed E-state index contributed by atoms with van der Waals surface area (Å²) in [5.74, 6) is 1.71. The van der Waals surface area contributed by atoms with Gasteiger partial charge in [0.05, 0.1) is 6.54 Å². The van der Waals surface area contributed by atoms with E-state index in [9.17, 15) is 9.90 Å². The molecule has 2 saturated heterocycles. The number of nitrogens with zero attached hydrogens (tertiary/aromatic N) is 4. The van der Waals surface area contributed by atoms with Gasteiger partial charge in [-0.25, -0.2) is 0 Å². The highest BCUT2D eigenvalue weighted by Gasteiger charge is 2.24. The van der Waals surface area contributed by atoms with Gasteiger partial charge in [0, 0.05) is 59.0 Å². The van der Waals surface area contributed by atoms with Crippen molar-refractivity contribution < 1.29 is 9.90 Å². The lowest BCUT2D eigenvalue weighted by molar-refractivity contribution is -0.131. The zero-order valence-electron chi connectivity index (χ0n) is 17.7. The Balaban J connectivity index is 0.00000392. The summed E-state index contributed by atoms with van der Waals surface area (Å²) in [6, 6.07) is 0. The number of amides is 1. The van der Waals surface area contributed by atoms with Crippen molar-refractivity contribution in [1.29, 1.82) is 0 Å². The van der Waals surface area contributed by atoms with E-state index in [-0.39, 0.29) is 36.5 Å². The van der Waals surface area contributed by atoms with Gasteiger partial charge in [0.25, 0.3) is 0 Å². The van der Waals surface area contributed by atoms with Crippen molar-refractivity contribution in [3.05, 3.63) is 0 Å². The van der Waals surface area contributed by atoms with Gasteiger partial charge >= 0.3 is 0 Å². The number of hydrogen-bond acceptors (Lipinski definition) is 4. The molecule has 0 spiro atoms. The molecule has 0 aromatic carbocycles. The summed E-state index contributed by atoms with van der Waals surface area (Å²) in [7, 11) is 0. The number of carbonyl (C=O) groups is 1. The van der Waals surface area contributed by atoms with Crippen LogP contribution in [0.3, 0.4) is 0 Å². The fraction of sp³-hybridized carbons (Fsp3) is 0.900. The second-order valence-corrected chi connectivity index (χ2v) is 7.71. The lowest BCUT2D eigenvalue weighted by Gasteiger charge is -2.36. The average molecular weight is 509 g/mol. The minimum Gasteiger partial charge on any atom is -0.396 e. The van der Waals surface area contributed by atoms with Crippen LogP contribution in [0.1, 0.15) is 46.0 Å². The van der Waals surface area contributed by atoms with Crippen molar-refractivity contribution >= 4 is 35.8 Å². The summed E-state index contributed by atoms with van der Waals surface area (Å²) in [6.07, 6.45) is 5.36. The molecule has 2 aliphatic heterocycles. The van der Waals surface area contributed by atoms with Gasteiger partial charge in [-0.1, -0.05) is 13.3 Å². The topological polar surface area (TPSA) is 71.4 Å². The van der Waals surface area contributed by atoms with Crippen LogP contribution in [0.5, 0.6) is 0 Å². The summed E-state index contributed by atoms with van der Waals surface area (Å²) in [5, 5.41) is 12.7. The number of aliphatic hydroxyl groups is 1. The van der Waals surface area contributed by atoms with Crippen LogP contribution < -0.4 is 5.32 Å². The summed E-state index contributed by atoms with van der Waals surface area (Å²) in [4.78, 5) is 23.8. The molecule has 0 aromatic rings. The van der Waals surface area contributed by atoms with Crippen molar-refractivity contribution in [2.45, 2.75) is 46.0 Å². The predicted octanol–water partition coefficient (Wildman–Crippen LogP) is 1.61. The summed E-state index contributed by atoms with van der Waals surface area (Å²) in [6.45, 7) is 12.2. The molecule has 1 atom stereocenters. The van der Waals surface area contributed by atoms with Crippen LogP contribution in [-0.4, -0.2) is 97.2 Å². The van der Waals surface area contributed by atoms with Crippen LogP contribution in [0.25, 0.3) is 0 Å². The van der Waals surface area contributed by atoms with Crippen molar-refractivity contribution in [1.82, 2.24) is 20.0 Å². The number of rotatable bonds is 9. The van der Waals surface area contributed by atoms with Crippen LogP contribution in [0, 0.1) is 5.92 Å². The Hall–Kier alpha value is -0.610. The Morgan fingerprint density at radius 1 is 1.04 bits per heavy atom. The quantitative estimate of drug-likeness (QED) is 0.281. The van der Waals surface area contributed by atoms with Crippen LogP contribution in [0.15, 0.2) is 4.99 Å². The molecule has 2 heterocycles. The van der Waals surface area contributed by atoms with Crippen molar-refractivity contribution in [3.63, 3.8) is 0 Å². The first kappa shape index (κ1) is 25.4. The highest BCUT2D eigenvalue weighted by Crippen LogP contribution is 2.12. The third-order valence-corrected chi connectivity index (χ3v) is 5.56. The smallest absolute Gasteiger partial charge is 0.236 e. The maximum Gasteiger partial charge on any atom is 0.236 e. The molecule has 2 rings (SSSR count). The first-order chi connectivity index (χ1) is 13.2. The molecule has 1 amide bonds. The van der Waals surface area contributed by atoms with Crippen LogP contribution >= 0.6 is 24.0 Å². The number of likely N-dealkylation sites (tertiary alicyclic amines) is 1. The van der Waals surface area contributed by atoms with E-state index in [1.807, 2.05) is 4.90 Å². The third-order valence-electron chi connectivity index (χ3n) is 5.56. The second kappa shape index (κ2) is 14.4. The van der Waals surface area contributed by atoms with Gasteiger partial charge in [0.2, 0.25) is 5.91 Å². The van der Waals surface area contributed by atoms with Gasteiger partial charge in [0.15, 0.2) is 5.96 Å². The lowest BCUT2D eigenvalue weighted by Crippen LogP contribution is -2.54. The third kappa shape index (κ3) is 8.41. The Labute approximate surface area is 187 Å². The summed E-state index contributed by atoms with van der Waals surface area (Å²) < 4.78 is 0. The number of aliphatic hydroxyl groups excluding tert-OH is 1. The number of guanidine groups is 1. The van der Waals surface area contributed by atoms with E-state index < -0.39 is 0 Å². The Morgan fingerprint density at radius 3 is 2.29 bits per heavy atom. The second-order valence-electron chi connectivity index (χ2n) is 7.71. The molecule has 0 radical (unpaired) electrons. The Bertz CT molecular complexity index is 458. The van der Waals surface area contributed by atoms with Crippen molar-refractivity contribution in [2.75, 3.05) is 65.5 Å². The molecule has 2 aliphatic rings. The SMILES string of the molecule is CCCC(CCO)CN=C(NCC)N1CCN(CC(=O)N2CCCC2)CC1.I. The number of piperazine rings is 1. The number of hydrogen-bond donors (Lipinski definition) is 2. The predicted molar refractivity (Wildman–Crippen MR) is 125 cm³/mol. The highest BCUT2D eigenvalue weighted by atomic mass is 127. The summed E-state index contributed by atoms with van der Waals surface area (Å²) >= 11 is 0. The first-order valence-electron chi connectivity index (χ1n) is 10.8. The van der Waals surface area contributed by atoms with Crippen LogP contribution in [0.4, 0.5) is 0 Å². The van der Waals surface area contributed by atoms with Gasteiger partial charge in [0.1, 0.15) is 0 Å². The first-order valence-corrected chi connectivity index (χ1v) is 10.8. The molecule has 164 valence electrons. The highest BCUT2D eigenvalue weighted by molar-refractivity contribution is 14.0. The van der Waals surface area contributed by atoms with Gasteiger partial charge < -0.3 is 20.2 Å². The standard InChI is InChI=1S/C20H39N5O2.HI/c1-3-7-18(8-15-26)16-22-20(21-4-2)25-13-11-23(12-14-25)17-19(27)24-9-5-6-10-24;/h18,26H,3-17H2,1-2H3,(H,21,22);1H. The van der Waals surface area contributed by atoms with Crippen LogP contribution in [-0.2, 0) is 4.79 Å². The number of carbonyl (C=O) groups excluding carboxylic acids is 1. The van der Waals surface area contributed by atoms with Gasteiger partial charge in [-0.15, -0.1) is 24.0 Å². The van der Waals surface area contributed by atoms with Gasteiger partial charge in [-0.05, 0) is 38.5 Å². The van der Waals surface area contributed by atoms with Gasteiger partial charge in [-0.2, -0.15) is 0 Å². The molecule has 1 unspecified atom stereocenters. The molecular weight excluding hydrogens is 469 g/mol. The fourth-order valence-electron chi connectivity index (χ4n) is 3.93. The van der Waals surface area contributed by atoms with E-state index in [0.29, 0.717) is 12.5 Å². The molecule has 2 fully saturated rings. The molecule has 0 bridgehead atoms. The maximum absolute atomic E-state index is 12.3. The largest absolute Gasteiger partial charge is 0.396 e. The normalized spacial score (nSPS) is 19.5. The van der Waals surface area contributed by atoms with E-state index >= 15 is 0 Å². The van der Waals surface area contributed by atoms with E-state index in [2.05, 4.69) is 29.0 Å². The Kier molecular flexibility index (Phi) is 13.1. The lowest BCUT2D eigenvalue weighted by atomic mass is 10.0. The zero-order chi connectivity index (χ0) is 19.5. The monoisotopic (exact) mass is 509 g/mol. The van der Waals surface area contributed by atoms with E-state index in [1.54, 1.807) is 0 Å². The molecule has 0 saturated carbocycles. The molecule has 0 aliphatic carbocycles. The zero-order valence-corrected chi connectivity index (χ0v) is 20.1. The molecule has 8 heteroatoms. The Morgan fingerprint density at radius 2 is 1.71 bits per heavy atom. The minimum absolute atomic E-state index is 0. The number of aliphatic imine (C=N–C) groups is 1. The van der Waals surface area contributed by atoms with Crippen molar-refractivity contribution in [3.8, 4) is 0 Å². The van der Waals surface area contributed by atoms with E-state index in [1.165, 1.54) is 0 Å². The molecule has 2 N–H and O–H groups in total. The molecule has 28 heavy (non-hydrogen) atoms.